The Balaban J connectivity index is 1.87. The number of aryl methyl sites for hydroxylation is 1. The molecule has 0 aromatic heterocycles. The highest BCUT2D eigenvalue weighted by molar-refractivity contribution is 6.35. The van der Waals surface area contributed by atoms with Crippen LogP contribution in [0.25, 0.3) is 0 Å². The number of nitrogens with one attached hydrogen (secondary N) is 1. The van der Waals surface area contributed by atoms with E-state index < -0.39 is 11.6 Å². The molecule has 0 aliphatic rings. The van der Waals surface area contributed by atoms with Gasteiger partial charge in [0.25, 0.3) is 0 Å². The second-order valence-corrected chi connectivity index (χ2v) is 5.96. The van der Waals surface area contributed by atoms with E-state index in [-0.39, 0.29) is 16.5 Å². The predicted octanol–water partition coefficient (Wildman–Crippen LogP) is 5.70. The molecule has 0 atom stereocenters. The number of carbonyl (C=O) groups is 1. The van der Waals surface area contributed by atoms with Gasteiger partial charge in [0.05, 0.1) is 10.7 Å². The van der Waals surface area contributed by atoms with E-state index in [1.807, 2.05) is 13.0 Å². The number of hydrogen-bond acceptors (Lipinski definition) is 2. The van der Waals surface area contributed by atoms with Crippen LogP contribution in [-0.2, 0) is 0 Å². The predicted molar refractivity (Wildman–Crippen MR) is 94.5 cm³/mol. The van der Waals surface area contributed by atoms with Crippen molar-refractivity contribution in [3.63, 3.8) is 0 Å². The highest BCUT2D eigenvalue weighted by atomic mass is 35.5. The van der Waals surface area contributed by atoms with Crippen molar-refractivity contribution in [1.29, 1.82) is 0 Å². The molecule has 2 nitrogen and oxygen atoms in total. The molecule has 0 amide bonds. The number of anilines is 2. The standard InChI is InChI=1S/C20H13ClF2NO/c1-12-3-2-4-13(9-12)20(25)16-7-6-15(11-17(16)21)24-19-8-5-14(22)10-18(19)23/h2-3,5-11,24H,1H3. The molecule has 3 aromatic carbocycles. The fraction of sp³-hybridized carbons (Fsp3) is 0.0500. The Morgan fingerprint density at radius 3 is 2.56 bits per heavy atom. The van der Waals surface area contributed by atoms with Gasteiger partial charge in [-0.05, 0) is 49.4 Å². The van der Waals surface area contributed by atoms with Crippen molar-refractivity contribution in [3.8, 4) is 0 Å². The van der Waals surface area contributed by atoms with Crippen LogP contribution in [0.15, 0.2) is 54.6 Å². The largest absolute Gasteiger partial charge is 0.353 e. The molecule has 0 spiro atoms. The number of benzene rings is 3. The fourth-order valence-corrected chi connectivity index (χ4v) is 2.65. The Bertz CT molecular complexity index is 956. The van der Waals surface area contributed by atoms with Crippen LogP contribution >= 0.6 is 11.6 Å². The van der Waals surface area contributed by atoms with Crippen LogP contribution in [0.4, 0.5) is 20.2 Å². The molecule has 1 radical (unpaired) electrons. The summed E-state index contributed by atoms with van der Waals surface area (Å²) >= 11 is 6.22. The van der Waals surface area contributed by atoms with Gasteiger partial charge < -0.3 is 5.32 Å². The normalized spacial score (nSPS) is 10.6. The molecule has 0 bridgehead atoms. The zero-order valence-corrected chi connectivity index (χ0v) is 14.0. The van der Waals surface area contributed by atoms with E-state index in [2.05, 4.69) is 11.4 Å². The van der Waals surface area contributed by atoms with Gasteiger partial charge in [0.2, 0.25) is 0 Å². The number of halogens is 3. The maximum atomic E-state index is 13.7. The Morgan fingerprint density at radius 1 is 1.08 bits per heavy atom. The van der Waals surface area contributed by atoms with Crippen molar-refractivity contribution in [2.45, 2.75) is 6.92 Å². The summed E-state index contributed by atoms with van der Waals surface area (Å²) in [5.41, 5.74) is 2.30. The maximum absolute atomic E-state index is 13.7. The van der Waals surface area contributed by atoms with Crippen molar-refractivity contribution < 1.29 is 13.6 Å². The monoisotopic (exact) mass is 356 g/mol. The van der Waals surface area contributed by atoms with Gasteiger partial charge in [-0.1, -0.05) is 29.3 Å². The lowest BCUT2D eigenvalue weighted by molar-refractivity contribution is 0.103. The molecule has 3 aromatic rings. The molecular weight excluding hydrogens is 344 g/mol. The highest BCUT2D eigenvalue weighted by Crippen LogP contribution is 2.27. The number of ketones is 1. The van der Waals surface area contributed by atoms with Gasteiger partial charge in [0.15, 0.2) is 5.78 Å². The van der Waals surface area contributed by atoms with Gasteiger partial charge in [-0.15, -0.1) is 0 Å². The average Bonchev–Trinajstić information content (AvgIpc) is 2.57. The molecule has 3 rings (SSSR count). The first-order valence-corrected chi connectivity index (χ1v) is 7.86. The van der Waals surface area contributed by atoms with Crippen molar-refractivity contribution in [1.82, 2.24) is 0 Å². The Hall–Kier alpha value is -2.72. The summed E-state index contributed by atoms with van der Waals surface area (Å²) in [6.07, 6.45) is 0. The lowest BCUT2D eigenvalue weighted by atomic mass is 10.0. The smallest absolute Gasteiger partial charge is 0.195 e. The zero-order chi connectivity index (χ0) is 18.0. The Labute approximate surface area is 149 Å². The van der Waals surface area contributed by atoms with Gasteiger partial charge in [-0.25, -0.2) is 8.78 Å². The molecule has 0 saturated carbocycles. The Morgan fingerprint density at radius 2 is 1.88 bits per heavy atom. The van der Waals surface area contributed by atoms with Gasteiger partial charge in [0, 0.05) is 22.9 Å². The van der Waals surface area contributed by atoms with E-state index >= 15 is 0 Å². The molecule has 25 heavy (non-hydrogen) atoms. The van der Waals surface area contributed by atoms with Gasteiger partial charge in [-0.2, -0.15) is 0 Å². The third-order valence-electron chi connectivity index (χ3n) is 3.63. The van der Waals surface area contributed by atoms with Crippen molar-refractivity contribution >= 4 is 28.8 Å². The molecule has 0 heterocycles. The average molecular weight is 357 g/mol. The lowest BCUT2D eigenvalue weighted by Gasteiger charge is -2.10. The molecule has 0 aliphatic heterocycles. The summed E-state index contributed by atoms with van der Waals surface area (Å²) in [7, 11) is 0. The van der Waals surface area contributed by atoms with E-state index in [1.165, 1.54) is 12.1 Å². The maximum Gasteiger partial charge on any atom is 0.195 e. The third-order valence-corrected chi connectivity index (χ3v) is 3.94. The fourth-order valence-electron chi connectivity index (χ4n) is 2.38. The van der Waals surface area contributed by atoms with Crippen molar-refractivity contribution in [2.24, 2.45) is 0 Å². The van der Waals surface area contributed by atoms with E-state index in [1.54, 1.807) is 24.3 Å². The first kappa shape index (κ1) is 17.1. The molecule has 0 unspecified atom stereocenters. The summed E-state index contributed by atoms with van der Waals surface area (Å²) in [5.74, 6) is -1.62. The quantitative estimate of drug-likeness (QED) is 0.607. The van der Waals surface area contributed by atoms with Gasteiger partial charge >= 0.3 is 0 Å². The minimum atomic E-state index is -0.717. The van der Waals surface area contributed by atoms with E-state index in [4.69, 9.17) is 11.6 Å². The van der Waals surface area contributed by atoms with Crippen LogP contribution in [-0.4, -0.2) is 5.78 Å². The highest BCUT2D eigenvalue weighted by Gasteiger charge is 2.14. The molecule has 0 aliphatic carbocycles. The molecular formula is C20H13ClF2NO. The second-order valence-electron chi connectivity index (χ2n) is 5.55. The lowest BCUT2D eigenvalue weighted by Crippen LogP contribution is -2.03. The van der Waals surface area contributed by atoms with Crippen LogP contribution in [0.3, 0.4) is 0 Å². The van der Waals surface area contributed by atoms with Crippen molar-refractivity contribution in [3.05, 3.63) is 94.0 Å². The van der Waals surface area contributed by atoms with Crippen molar-refractivity contribution in [2.75, 3.05) is 5.32 Å². The zero-order valence-electron chi connectivity index (χ0n) is 13.2. The molecule has 125 valence electrons. The minimum absolute atomic E-state index is 0.114. The second kappa shape index (κ2) is 7.03. The summed E-state index contributed by atoms with van der Waals surface area (Å²) in [5, 5.41) is 3.04. The van der Waals surface area contributed by atoms with Crippen LogP contribution in [0.5, 0.6) is 0 Å². The molecule has 5 heteroatoms. The number of carbonyl (C=O) groups excluding carboxylic acids is 1. The first-order valence-electron chi connectivity index (χ1n) is 7.49. The van der Waals surface area contributed by atoms with Gasteiger partial charge in [0.1, 0.15) is 11.6 Å². The van der Waals surface area contributed by atoms with Crippen LogP contribution in [0.1, 0.15) is 21.5 Å². The summed E-state index contributed by atoms with van der Waals surface area (Å²) in [6.45, 7) is 1.89. The summed E-state index contributed by atoms with van der Waals surface area (Å²) in [6, 6.07) is 16.1. The third kappa shape index (κ3) is 3.86. The van der Waals surface area contributed by atoms with E-state index in [0.29, 0.717) is 16.8 Å². The van der Waals surface area contributed by atoms with E-state index in [9.17, 15) is 13.6 Å². The van der Waals surface area contributed by atoms with Crippen LogP contribution in [0.2, 0.25) is 5.02 Å². The first-order chi connectivity index (χ1) is 11.9. The Kier molecular flexibility index (Phi) is 4.81. The molecule has 1 N–H and O–H groups in total. The summed E-state index contributed by atoms with van der Waals surface area (Å²) in [4.78, 5) is 12.5. The topological polar surface area (TPSA) is 29.1 Å². The van der Waals surface area contributed by atoms with E-state index in [0.717, 1.165) is 17.7 Å². The number of hydrogen-bond donors (Lipinski definition) is 1. The van der Waals surface area contributed by atoms with Crippen LogP contribution < -0.4 is 5.32 Å². The van der Waals surface area contributed by atoms with Gasteiger partial charge in [-0.3, -0.25) is 4.79 Å². The van der Waals surface area contributed by atoms with Crippen LogP contribution in [0, 0.1) is 24.6 Å². The minimum Gasteiger partial charge on any atom is -0.353 e. The molecule has 0 fully saturated rings. The summed E-state index contributed by atoms with van der Waals surface area (Å²) < 4.78 is 26.7. The number of rotatable bonds is 4. The molecule has 0 saturated heterocycles. The SMILES string of the molecule is Cc1cc[c]c(C(=O)c2ccc(Nc3ccc(F)cc3F)cc2Cl)c1.